The lowest BCUT2D eigenvalue weighted by Crippen LogP contribution is -2.40. The molecular formula is C20H32O. The van der Waals surface area contributed by atoms with Crippen molar-refractivity contribution in [2.75, 3.05) is 0 Å². The fraction of sp³-hybridized carbons (Fsp3) is 0.700. The molecule has 0 spiro atoms. The maximum atomic E-state index is 11.0. The third-order valence-electron chi connectivity index (χ3n) is 6.08. The van der Waals surface area contributed by atoms with Crippen molar-refractivity contribution in [2.45, 2.75) is 78.7 Å². The Bertz CT molecular complexity index is 458. The van der Waals surface area contributed by atoms with Gasteiger partial charge in [-0.25, -0.2) is 0 Å². The van der Waals surface area contributed by atoms with Crippen LogP contribution in [-0.4, -0.2) is 10.7 Å². The van der Waals surface area contributed by atoms with Crippen LogP contribution in [0.1, 0.15) is 69.6 Å². The fourth-order valence-corrected chi connectivity index (χ4v) is 3.86. The van der Waals surface area contributed by atoms with Crippen LogP contribution in [0.15, 0.2) is 18.2 Å². The summed E-state index contributed by atoms with van der Waals surface area (Å²) in [6.07, 6.45) is 6.30. The van der Waals surface area contributed by atoms with Crippen molar-refractivity contribution in [2.24, 2.45) is 11.3 Å². The minimum Gasteiger partial charge on any atom is -0.390 e. The molecule has 1 aliphatic carbocycles. The van der Waals surface area contributed by atoms with E-state index in [1.165, 1.54) is 36.0 Å². The average Bonchev–Trinajstić information content (AvgIpc) is 2.44. The maximum Gasteiger partial charge on any atom is 0.0688 e. The molecule has 0 atom stereocenters. The number of hydrogen-bond donors (Lipinski definition) is 1. The second-order valence-electron chi connectivity index (χ2n) is 7.89. The van der Waals surface area contributed by atoms with E-state index in [-0.39, 0.29) is 0 Å². The Morgan fingerprint density at radius 3 is 2.14 bits per heavy atom. The monoisotopic (exact) mass is 288 g/mol. The summed E-state index contributed by atoms with van der Waals surface area (Å²) in [6, 6.07) is 6.44. The summed E-state index contributed by atoms with van der Waals surface area (Å²) in [5, 5.41) is 11.0. The van der Waals surface area contributed by atoms with E-state index in [1.54, 1.807) is 0 Å². The van der Waals surface area contributed by atoms with Gasteiger partial charge in [0.15, 0.2) is 0 Å². The van der Waals surface area contributed by atoms with Crippen molar-refractivity contribution < 1.29 is 5.11 Å². The van der Waals surface area contributed by atoms with E-state index < -0.39 is 5.60 Å². The first-order chi connectivity index (χ1) is 9.77. The molecule has 1 fully saturated rings. The highest BCUT2D eigenvalue weighted by Gasteiger charge is 2.38. The second-order valence-corrected chi connectivity index (χ2v) is 7.89. The normalized spacial score (nSPS) is 26.9. The summed E-state index contributed by atoms with van der Waals surface area (Å²) in [5.41, 5.74) is 3.92. The van der Waals surface area contributed by atoms with E-state index in [0.29, 0.717) is 5.41 Å². The van der Waals surface area contributed by atoms with E-state index in [4.69, 9.17) is 0 Å². The molecule has 118 valence electrons. The van der Waals surface area contributed by atoms with Gasteiger partial charge in [-0.1, -0.05) is 45.4 Å². The summed E-state index contributed by atoms with van der Waals surface area (Å²) < 4.78 is 0. The molecule has 0 heterocycles. The first-order valence-electron chi connectivity index (χ1n) is 8.55. The second kappa shape index (κ2) is 6.12. The third-order valence-corrected chi connectivity index (χ3v) is 6.08. The van der Waals surface area contributed by atoms with Crippen LogP contribution in [0.5, 0.6) is 0 Å². The van der Waals surface area contributed by atoms with Gasteiger partial charge in [0.1, 0.15) is 0 Å². The lowest BCUT2D eigenvalue weighted by molar-refractivity contribution is -0.0278. The van der Waals surface area contributed by atoms with Gasteiger partial charge in [-0.3, -0.25) is 0 Å². The molecule has 1 aromatic carbocycles. The topological polar surface area (TPSA) is 20.2 Å². The quantitative estimate of drug-likeness (QED) is 0.807. The van der Waals surface area contributed by atoms with Crippen LogP contribution in [-0.2, 0) is 6.42 Å². The lowest BCUT2D eigenvalue weighted by atomic mass is 9.65. The molecule has 2 rings (SSSR count). The highest BCUT2D eigenvalue weighted by Crippen LogP contribution is 2.44. The summed E-state index contributed by atoms with van der Waals surface area (Å²) >= 11 is 0. The van der Waals surface area contributed by atoms with Gasteiger partial charge in [0.2, 0.25) is 0 Å². The van der Waals surface area contributed by atoms with Crippen molar-refractivity contribution in [3.8, 4) is 0 Å². The minimum atomic E-state index is -0.489. The Morgan fingerprint density at radius 1 is 1.14 bits per heavy atom. The Labute approximate surface area is 130 Å². The predicted octanol–water partition coefficient (Wildman–Crippen LogP) is 5.20. The number of hydrogen-bond acceptors (Lipinski definition) is 1. The van der Waals surface area contributed by atoms with Crippen LogP contribution in [0, 0.1) is 25.2 Å². The minimum absolute atomic E-state index is 0.417. The molecule has 1 aromatic rings. The number of benzene rings is 1. The van der Waals surface area contributed by atoms with Crippen LogP contribution in [0.4, 0.5) is 0 Å². The van der Waals surface area contributed by atoms with Gasteiger partial charge in [-0.2, -0.15) is 0 Å². The van der Waals surface area contributed by atoms with Crippen molar-refractivity contribution in [1.82, 2.24) is 0 Å². The largest absolute Gasteiger partial charge is 0.390 e. The van der Waals surface area contributed by atoms with E-state index in [0.717, 1.165) is 25.2 Å². The third kappa shape index (κ3) is 3.69. The van der Waals surface area contributed by atoms with Gasteiger partial charge >= 0.3 is 0 Å². The molecule has 1 nitrogen and oxygen atoms in total. The smallest absolute Gasteiger partial charge is 0.0688 e. The van der Waals surface area contributed by atoms with Gasteiger partial charge in [-0.05, 0) is 67.6 Å². The van der Waals surface area contributed by atoms with E-state index in [2.05, 4.69) is 52.8 Å². The average molecular weight is 288 g/mol. The van der Waals surface area contributed by atoms with Gasteiger partial charge in [-0.15, -0.1) is 0 Å². The van der Waals surface area contributed by atoms with Crippen LogP contribution in [0.3, 0.4) is 0 Å². The van der Waals surface area contributed by atoms with Crippen molar-refractivity contribution >= 4 is 0 Å². The molecule has 0 radical (unpaired) electrons. The predicted molar refractivity (Wildman–Crippen MR) is 90.6 cm³/mol. The molecule has 0 aliphatic heterocycles. The Kier molecular flexibility index (Phi) is 4.82. The van der Waals surface area contributed by atoms with E-state index in [1.807, 2.05) is 0 Å². The highest BCUT2D eigenvalue weighted by molar-refractivity contribution is 5.34. The first kappa shape index (κ1) is 16.5. The zero-order valence-corrected chi connectivity index (χ0v) is 14.5. The number of rotatable bonds is 4. The summed E-state index contributed by atoms with van der Waals surface area (Å²) in [4.78, 5) is 0. The molecule has 0 bridgehead atoms. The highest BCUT2D eigenvalue weighted by atomic mass is 16.3. The molecule has 1 saturated carbocycles. The Balaban J connectivity index is 2.06. The Hall–Kier alpha value is -0.820. The van der Waals surface area contributed by atoms with Crippen LogP contribution >= 0.6 is 0 Å². The molecule has 0 saturated heterocycles. The molecule has 0 aromatic heterocycles. The SMILES string of the molecule is CCC(C)(C)C1CCC(O)(Cc2c(C)cccc2C)CC1. The standard InChI is InChI=1S/C20H32O/c1-6-19(4,5)17-10-12-20(21,13-11-17)14-18-15(2)8-7-9-16(18)3/h7-9,17,21H,6,10-14H2,1-5H3. The van der Waals surface area contributed by atoms with Gasteiger partial charge in [0.05, 0.1) is 5.60 Å². The summed E-state index contributed by atoms with van der Waals surface area (Å²) in [6.45, 7) is 11.4. The number of aryl methyl sites for hydroxylation is 2. The van der Waals surface area contributed by atoms with Gasteiger partial charge in [0, 0.05) is 6.42 Å². The van der Waals surface area contributed by atoms with Crippen molar-refractivity contribution in [3.05, 3.63) is 34.9 Å². The zero-order valence-electron chi connectivity index (χ0n) is 14.5. The molecule has 1 heteroatoms. The van der Waals surface area contributed by atoms with Crippen molar-refractivity contribution in [1.29, 1.82) is 0 Å². The molecular weight excluding hydrogens is 256 g/mol. The molecule has 0 unspecified atom stereocenters. The molecule has 1 N–H and O–H groups in total. The molecule has 0 amide bonds. The van der Waals surface area contributed by atoms with Crippen LogP contribution < -0.4 is 0 Å². The summed E-state index contributed by atoms with van der Waals surface area (Å²) in [7, 11) is 0. The van der Waals surface area contributed by atoms with E-state index in [9.17, 15) is 5.11 Å². The first-order valence-corrected chi connectivity index (χ1v) is 8.55. The van der Waals surface area contributed by atoms with Crippen LogP contribution in [0.25, 0.3) is 0 Å². The Morgan fingerprint density at radius 2 is 1.67 bits per heavy atom. The number of aliphatic hydroxyl groups is 1. The van der Waals surface area contributed by atoms with Crippen LogP contribution in [0.2, 0.25) is 0 Å². The zero-order chi connectivity index (χ0) is 15.7. The lowest BCUT2D eigenvalue weighted by Gasteiger charge is -2.43. The van der Waals surface area contributed by atoms with E-state index >= 15 is 0 Å². The summed E-state index contributed by atoms with van der Waals surface area (Å²) in [5.74, 6) is 0.765. The maximum absolute atomic E-state index is 11.0. The molecule has 21 heavy (non-hydrogen) atoms. The van der Waals surface area contributed by atoms with Gasteiger partial charge in [0.25, 0.3) is 0 Å². The van der Waals surface area contributed by atoms with Crippen molar-refractivity contribution in [3.63, 3.8) is 0 Å². The molecule has 1 aliphatic rings. The fourth-order valence-electron chi connectivity index (χ4n) is 3.86. The van der Waals surface area contributed by atoms with Gasteiger partial charge < -0.3 is 5.11 Å².